The molecule has 0 aliphatic carbocycles. The molecule has 2 rings (SSSR count). The molecule has 112 valence electrons. The molecule has 0 aromatic heterocycles. The van der Waals surface area contributed by atoms with Gasteiger partial charge in [0.1, 0.15) is 11.6 Å². The van der Waals surface area contributed by atoms with Crippen molar-refractivity contribution in [1.82, 2.24) is 5.32 Å². The lowest BCUT2D eigenvalue weighted by Crippen LogP contribution is -2.23. The van der Waals surface area contributed by atoms with E-state index in [1.807, 2.05) is 13.0 Å². The molecule has 21 heavy (non-hydrogen) atoms. The van der Waals surface area contributed by atoms with E-state index in [1.165, 1.54) is 12.1 Å². The van der Waals surface area contributed by atoms with Crippen molar-refractivity contribution in [3.63, 3.8) is 0 Å². The van der Waals surface area contributed by atoms with Gasteiger partial charge >= 0.3 is 0 Å². The van der Waals surface area contributed by atoms with E-state index >= 15 is 0 Å². The Morgan fingerprint density at radius 2 is 1.90 bits per heavy atom. The van der Waals surface area contributed by atoms with Gasteiger partial charge in [0.2, 0.25) is 0 Å². The van der Waals surface area contributed by atoms with E-state index in [4.69, 9.17) is 11.6 Å². The van der Waals surface area contributed by atoms with Gasteiger partial charge in [0.25, 0.3) is 0 Å². The Bertz CT molecular complexity index is 608. The van der Waals surface area contributed by atoms with E-state index in [9.17, 15) is 8.78 Å². The van der Waals surface area contributed by atoms with Crippen molar-refractivity contribution >= 4 is 11.6 Å². The average molecular weight is 310 g/mol. The first kappa shape index (κ1) is 15.9. The minimum Gasteiger partial charge on any atom is -0.310 e. The van der Waals surface area contributed by atoms with Crippen LogP contribution in [0.1, 0.15) is 29.7 Å². The molecule has 1 atom stereocenters. The summed E-state index contributed by atoms with van der Waals surface area (Å²) in [5.74, 6) is -0.590. The van der Waals surface area contributed by atoms with Crippen molar-refractivity contribution in [1.29, 1.82) is 0 Å². The smallest absolute Gasteiger partial charge is 0.127 e. The summed E-state index contributed by atoms with van der Waals surface area (Å²) in [6.45, 7) is 4.38. The first-order valence-electron chi connectivity index (χ1n) is 6.95. The highest BCUT2D eigenvalue weighted by Gasteiger charge is 2.17. The molecule has 0 heterocycles. The van der Waals surface area contributed by atoms with Crippen LogP contribution in [-0.4, -0.2) is 6.54 Å². The number of hydrogen-bond donors (Lipinski definition) is 1. The Morgan fingerprint density at radius 3 is 2.52 bits per heavy atom. The lowest BCUT2D eigenvalue weighted by molar-refractivity contribution is 0.523. The highest BCUT2D eigenvalue weighted by molar-refractivity contribution is 6.31. The molecule has 4 heteroatoms. The van der Waals surface area contributed by atoms with Gasteiger partial charge in [-0.2, -0.15) is 0 Å². The van der Waals surface area contributed by atoms with Crippen LogP contribution in [-0.2, 0) is 6.42 Å². The Labute approximate surface area is 128 Å². The van der Waals surface area contributed by atoms with Gasteiger partial charge in [0.05, 0.1) is 0 Å². The van der Waals surface area contributed by atoms with E-state index in [0.29, 0.717) is 29.1 Å². The minimum atomic E-state index is -0.335. The van der Waals surface area contributed by atoms with E-state index in [-0.39, 0.29) is 17.7 Å². The Hall–Kier alpha value is -1.45. The second-order valence-corrected chi connectivity index (χ2v) is 5.43. The van der Waals surface area contributed by atoms with Gasteiger partial charge in [-0.05, 0) is 49.2 Å². The second kappa shape index (κ2) is 7.01. The molecule has 0 radical (unpaired) electrons. The van der Waals surface area contributed by atoms with E-state index in [0.717, 1.165) is 5.56 Å². The monoisotopic (exact) mass is 309 g/mol. The standard InChI is InChI=1S/C17H18ClF2N/c1-3-21-17(12-8-7-11(2)16(20)9-12)10-13-14(18)5-4-6-15(13)19/h4-9,17,21H,3,10H2,1-2H3. The van der Waals surface area contributed by atoms with Gasteiger partial charge < -0.3 is 5.32 Å². The van der Waals surface area contributed by atoms with Crippen molar-refractivity contribution < 1.29 is 8.78 Å². The molecule has 1 nitrogen and oxygen atoms in total. The van der Waals surface area contributed by atoms with Gasteiger partial charge in [0, 0.05) is 16.6 Å². The maximum Gasteiger partial charge on any atom is 0.127 e. The third kappa shape index (κ3) is 3.80. The van der Waals surface area contributed by atoms with Crippen molar-refractivity contribution in [3.8, 4) is 0 Å². The lowest BCUT2D eigenvalue weighted by atomic mass is 9.97. The lowest BCUT2D eigenvalue weighted by Gasteiger charge is -2.20. The fourth-order valence-corrected chi connectivity index (χ4v) is 2.55. The minimum absolute atomic E-state index is 0.181. The molecule has 1 N–H and O–H groups in total. The molecule has 0 aliphatic heterocycles. The van der Waals surface area contributed by atoms with Gasteiger partial charge in [-0.3, -0.25) is 0 Å². The predicted molar refractivity (Wildman–Crippen MR) is 82.7 cm³/mol. The molecular weight excluding hydrogens is 292 g/mol. The molecule has 0 saturated heterocycles. The molecule has 0 spiro atoms. The summed E-state index contributed by atoms with van der Waals surface area (Å²) in [7, 11) is 0. The summed E-state index contributed by atoms with van der Waals surface area (Å²) in [5, 5.41) is 3.65. The zero-order valence-corrected chi connectivity index (χ0v) is 12.8. The molecule has 2 aromatic carbocycles. The van der Waals surface area contributed by atoms with Crippen LogP contribution in [0.2, 0.25) is 5.02 Å². The van der Waals surface area contributed by atoms with Crippen molar-refractivity contribution in [2.45, 2.75) is 26.3 Å². The summed E-state index contributed by atoms with van der Waals surface area (Å²) in [6, 6.07) is 9.54. The van der Waals surface area contributed by atoms with E-state index < -0.39 is 0 Å². The van der Waals surface area contributed by atoms with Gasteiger partial charge in [0.15, 0.2) is 0 Å². The normalized spacial score (nSPS) is 12.4. The Balaban J connectivity index is 2.33. The Morgan fingerprint density at radius 1 is 1.14 bits per heavy atom. The van der Waals surface area contributed by atoms with Crippen LogP contribution in [0.3, 0.4) is 0 Å². The third-order valence-corrected chi connectivity index (χ3v) is 3.87. The van der Waals surface area contributed by atoms with Crippen molar-refractivity contribution in [2.75, 3.05) is 6.54 Å². The largest absolute Gasteiger partial charge is 0.310 e. The average Bonchev–Trinajstić information content (AvgIpc) is 2.45. The summed E-state index contributed by atoms with van der Waals surface area (Å²) in [5.41, 5.74) is 1.84. The Kier molecular flexibility index (Phi) is 5.32. The number of nitrogens with one attached hydrogen (secondary N) is 1. The molecule has 0 amide bonds. The highest BCUT2D eigenvalue weighted by atomic mass is 35.5. The molecule has 0 aliphatic rings. The maximum absolute atomic E-state index is 13.9. The van der Waals surface area contributed by atoms with Gasteiger partial charge in [-0.15, -0.1) is 0 Å². The number of benzene rings is 2. The fourth-order valence-electron chi connectivity index (χ4n) is 2.31. The van der Waals surface area contributed by atoms with Crippen LogP contribution in [0.4, 0.5) is 8.78 Å². The quantitative estimate of drug-likeness (QED) is 0.835. The van der Waals surface area contributed by atoms with Gasteiger partial charge in [-0.25, -0.2) is 8.78 Å². The number of likely N-dealkylation sites (N-methyl/N-ethyl adjacent to an activating group) is 1. The summed E-state index contributed by atoms with van der Waals surface area (Å²) >= 11 is 6.08. The zero-order valence-electron chi connectivity index (χ0n) is 12.1. The first-order chi connectivity index (χ1) is 10.0. The first-order valence-corrected chi connectivity index (χ1v) is 7.33. The zero-order chi connectivity index (χ0) is 15.4. The molecule has 0 saturated carbocycles. The van der Waals surface area contributed by atoms with Crippen molar-refractivity contribution in [3.05, 3.63) is 69.7 Å². The SMILES string of the molecule is CCNC(Cc1c(F)cccc1Cl)c1ccc(C)c(F)c1. The number of halogens is 3. The predicted octanol–water partition coefficient (Wildman–Crippen LogP) is 4.82. The molecule has 2 aromatic rings. The molecule has 0 bridgehead atoms. The molecule has 0 fully saturated rings. The van der Waals surface area contributed by atoms with E-state index in [2.05, 4.69) is 5.32 Å². The number of aryl methyl sites for hydroxylation is 1. The topological polar surface area (TPSA) is 12.0 Å². The summed E-state index contributed by atoms with van der Waals surface area (Å²) < 4.78 is 27.7. The third-order valence-electron chi connectivity index (χ3n) is 3.52. The number of rotatable bonds is 5. The summed E-state index contributed by atoms with van der Waals surface area (Å²) in [4.78, 5) is 0. The van der Waals surface area contributed by atoms with Gasteiger partial charge in [-0.1, -0.05) is 36.7 Å². The van der Waals surface area contributed by atoms with E-state index in [1.54, 1.807) is 25.1 Å². The summed E-state index contributed by atoms with van der Waals surface area (Å²) in [6.07, 6.45) is 0.377. The van der Waals surface area contributed by atoms with Crippen LogP contribution in [0.5, 0.6) is 0 Å². The molecule has 1 unspecified atom stereocenters. The van der Waals surface area contributed by atoms with Crippen LogP contribution < -0.4 is 5.32 Å². The van der Waals surface area contributed by atoms with Crippen LogP contribution in [0, 0.1) is 18.6 Å². The maximum atomic E-state index is 13.9. The van der Waals surface area contributed by atoms with Crippen LogP contribution in [0.15, 0.2) is 36.4 Å². The van der Waals surface area contributed by atoms with Crippen LogP contribution in [0.25, 0.3) is 0 Å². The molecular formula is C17H18ClF2N. The fraction of sp³-hybridized carbons (Fsp3) is 0.294. The number of hydrogen-bond acceptors (Lipinski definition) is 1. The second-order valence-electron chi connectivity index (χ2n) is 5.02. The van der Waals surface area contributed by atoms with Crippen LogP contribution >= 0.6 is 11.6 Å². The van der Waals surface area contributed by atoms with Crippen molar-refractivity contribution in [2.24, 2.45) is 0 Å². The highest BCUT2D eigenvalue weighted by Crippen LogP contribution is 2.26.